The molecule has 2 aromatic carbocycles. The lowest BCUT2D eigenvalue weighted by Crippen LogP contribution is -2.31. The van der Waals surface area contributed by atoms with Gasteiger partial charge in [0.2, 0.25) is 0 Å². The van der Waals surface area contributed by atoms with Gasteiger partial charge in [0.15, 0.2) is 0 Å². The minimum atomic E-state index is -0.459. The monoisotopic (exact) mass is 362 g/mol. The molecule has 0 aliphatic carbocycles. The molecular weight excluding hydrogens is 347 g/mol. The number of benzene rings is 2. The summed E-state index contributed by atoms with van der Waals surface area (Å²) < 4.78 is 18.6. The zero-order valence-electron chi connectivity index (χ0n) is 14.2. The number of rotatable bonds is 5. The molecule has 1 aliphatic rings. The maximum Gasteiger partial charge on any atom is 0.278 e. The molecule has 1 aromatic heterocycles. The Kier molecular flexibility index (Phi) is 4.30. The number of carbonyl (C=O) groups excluding carboxylic acids is 2. The van der Waals surface area contributed by atoms with Gasteiger partial charge in [0, 0.05) is 5.69 Å². The fraction of sp³-hybridized carbons (Fsp3) is 0.0476. The van der Waals surface area contributed by atoms with Crippen LogP contribution in [0.5, 0.6) is 0 Å². The molecule has 2 amide bonds. The van der Waals surface area contributed by atoms with Crippen LogP contribution in [-0.2, 0) is 16.1 Å². The number of amides is 2. The van der Waals surface area contributed by atoms with Crippen molar-refractivity contribution in [2.45, 2.75) is 6.54 Å². The summed E-state index contributed by atoms with van der Waals surface area (Å²) in [5.41, 5.74) is 1.50. The second-order valence-electron chi connectivity index (χ2n) is 6.02. The smallest absolute Gasteiger partial charge is 0.278 e. The standard InChI is InChI=1S/C21H15FN2O3/c22-15-10-8-14(9-11-15)18-19(23-16-5-2-1-3-6-16)21(26)24(20(18)25)13-17-7-4-12-27-17/h1-12,23H,13H2. The minimum absolute atomic E-state index is 0.0231. The highest BCUT2D eigenvalue weighted by atomic mass is 19.1. The predicted octanol–water partition coefficient (Wildman–Crippen LogP) is 3.81. The van der Waals surface area contributed by atoms with Crippen molar-refractivity contribution in [3.63, 3.8) is 0 Å². The Hall–Kier alpha value is -3.67. The summed E-state index contributed by atoms with van der Waals surface area (Å²) in [6, 6.07) is 18.0. The molecule has 0 spiro atoms. The number of nitrogens with zero attached hydrogens (tertiary/aromatic N) is 1. The first-order valence-electron chi connectivity index (χ1n) is 8.34. The predicted molar refractivity (Wildman–Crippen MR) is 97.6 cm³/mol. The molecule has 27 heavy (non-hydrogen) atoms. The van der Waals surface area contributed by atoms with Crippen LogP contribution in [0.3, 0.4) is 0 Å². The Balaban J connectivity index is 1.75. The summed E-state index contributed by atoms with van der Waals surface area (Å²) in [5.74, 6) is -0.835. The number of nitrogens with one attached hydrogen (secondary N) is 1. The first kappa shape index (κ1) is 16.8. The van der Waals surface area contributed by atoms with E-state index in [1.165, 1.54) is 30.5 Å². The van der Waals surface area contributed by atoms with Crippen LogP contribution in [0.15, 0.2) is 83.1 Å². The maximum absolute atomic E-state index is 13.3. The Morgan fingerprint density at radius 1 is 0.889 bits per heavy atom. The summed E-state index contributed by atoms with van der Waals surface area (Å²) in [6.45, 7) is 0.0231. The van der Waals surface area contributed by atoms with Gasteiger partial charge in [0.1, 0.15) is 17.3 Å². The molecule has 0 fully saturated rings. The summed E-state index contributed by atoms with van der Waals surface area (Å²) in [6.07, 6.45) is 1.48. The number of hydrogen-bond acceptors (Lipinski definition) is 4. The number of hydrogen-bond donors (Lipinski definition) is 1. The van der Waals surface area contributed by atoms with Crippen LogP contribution in [0, 0.1) is 5.82 Å². The van der Waals surface area contributed by atoms with Crippen molar-refractivity contribution >= 4 is 23.1 Å². The van der Waals surface area contributed by atoms with Crippen LogP contribution < -0.4 is 5.32 Å². The molecule has 0 saturated carbocycles. The zero-order valence-corrected chi connectivity index (χ0v) is 14.2. The quantitative estimate of drug-likeness (QED) is 0.701. The highest BCUT2D eigenvalue weighted by Gasteiger charge is 2.39. The first-order valence-corrected chi connectivity index (χ1v) is 8.34. The van der Waals surface area contributed by atoms with Crippen LogP contribution in [0.25, 0.3) is 5.57 Å². The van der Waals surface area contributed by atoms with Gasteiger partial charge in [-0.05, 0) is 42.0 Å². The van der Waals surface area contributed by atoms with Gasteiger partial charge in [-0.15, -0.1) is 0 Å². The van der Waals surface area contributed by atoms with Crippen molar-refractivity contribution in [2.24, 2.45) is 0 Å². The van der Waals surface area contributed by atoms with E-state index in [2.05, 4.69) is 5.32 Å². The SMILES string of the molecule is O=C1C(Nc2ccccc2)=C(c2ccc(F)cc2)C(=O)N1Cc1ccco1. The number of imide groups is 1. The Labute approximate surface area is 154 Å². The van der Waals surface area contributed by atoms with Crippen LogP contribution in [0.1, 0.15) is 11.3 Å². The van der Waals surface area contributed by atoms with Crippen molar-refractivity contribution in [2.75, 3.05) is 5.32 Å². The van der Waals surface area contributed by atoms with Crippen LogP contribution >= 0.6 is 0 Å². The van der Waals surface area contributed by atoms with Gasteiger partial charge >= 0.3 is 0 Å². The molecule has 0 saturated heterocycles. The van der Waals surface area contributed by atoms with Gasteiger partial charge in [0.05, 0.1) is 18.4 Å². The second kappa shape index (κ2) is 6.92. The van der Waals surface area contributed by atoms with Crippen LogP contribution in [0.2, 0.25) is 0 Å². The molecule has 3 aromatic rings. The number of carbonyl (C=O) groups is 2. The summed E-state index contributed by atoms with van der Waals surface area (Å²) in [5, 5.41) is 3.04. The van der Waals surface area contributed by atoms with Gasteiger partial charge in [-0.1, -0.05) is 30.3 Å². The molecule has 2 heterocycles. The van der Waals surface area contributed by atoms with Gasteiger partial charge < -0.3 is 9.73 Å². The Bertz CT molecular complexity index is 1010. The van der Waals surface area contributed by atoms with Crippen molar-refractivity contribution in [3.05, 3.63) is 95.8 Å². The van der Waals surface area contributed by atoms with Crippen molar-refractivity contribution in [3.8, 4) is 0 Å². The third-order valence-corrected chi connectivity index (χ3v) is 4.24. The van der Waals surface area contributed by atoms with Crippen molar-refractivity contribution in [1.82, 2.24) is 4.90 Å². The normalized spacial score (nSPS) is 14.2. The van der Waals surface area contributed by atoms with E-state index in [0.29, 0.717) is 17.0 Å². The molecular formula is C21H15FN2O3. The number of para-hydroxylation sites is 1. The molecule has 0 radical (unpaired) electrons. The summed E-state index contributed by atoms with van der Waals surface area (Å²) in [7, 11) is 0. The van der Waals surface area contributed by atoms with Crippen LogP contribution in [-0.4, -0.2) is 16.7 Å². The molecule has 1 N–H and O–H groups in total. The third-order valence-electron chi connectivity index (χ3n) is 4.24. The van der Waals surface area contributed by atoms with E-state index in [1.54, 1.807) is 24.3 Å². The van der Waals surface area contributed by atoms with Crippen LogP contribution in [0.4, 0.5) is 10.1 Å². The largest absolute Gasteiger partial charge is 0.467 e. The average Bonchev–Trinajstić information content (AvgIpc) is 3.27. The molecule has 1 aliphatic heterocycles. The van der Waals surface area contributed by atoms with Gasteiger partial charge in [-0.2, -0.15) is 0 Å². The fourth-order valence-electron chi connectivity index (χ4n) is 2.94. The lowest BCUT2D eigenvalue weighted by Gasteiger charge is -2.13. The molecule has 134 valence electrons. The Morgan fingerprint density at radius 3 is 2.30 bits per heavy atom. The minimum Gasteiger partial charge on any atom is -0.467 e. The summed E-state index contributed by atoms with van der Waals surface area (Å²) in [4.78, 5) is 27.1. The molecule has 6 heteroatoms. The van der Waals surface area contributed by atoms with E-state index in [4.69, 9.17) is 4.42 Å². The maximum atomic E-state index is 13.3. The lowest BCUT2D eigenvalue weighted by atomic mass is 10.0. The topological polar surface area (TPSA) is 62.6 Å². The molecule has 4 rings (SSSR count). The average molecular weight is 362 g/mol. The summed E-state index contributed by atoms with van der Waals surface area (Å²) >= 11 is 0. The van der Waals surface area contributed by atoms with Gasteiger partial charge in [0.25, 0.3) is 11.8 Å². The first-order chi connectivity index (χ1) is 13.1. The van der Waals surface area contributed by atoms with Gasteiger partial charge in [-0.3, -0.25) is 14.5 Å². The second-order valence-corrected chi connectivity index (χ2v) is 6.02. The molecule has 0 atom stereocenters. The van der Waals surface area contributed by atoms with Gasteiger partial charge in [-0.25, -0.2) is 4.39 Å². The number of furan rings is 1. The molecule has 5 nitrogen and oxygen atoms in total. The van der Waals surface area contributed by atoms with E-state index >= 15 is 0 Å². The highest BCUT2D eigenvalue weighted by molar-refractivity contribution is 6.36. The highest BCUT2D eigenvalue weighted by Crippen LogP contribution is 2.31. The van der Waals surface area contributed by atoms with E-state index in [1.807, 2.05) is 18.2 Å². The zero-order chi connectivity index (χ0) is 18.8. The van der Waals surface area contributed by atoms with Crippen molar-refractivity contribution in [1.29, 1.82) is 0 Å². The number of halogens is 1. The van der Waals surface area contributed by atoms with E-state index in [-0.39, 0.29) is 17.8 Å². The van der Waals surface area contributed by atoms with Crippen molar-refractivity contribution < 1.29 is 18.4 Å². The van der Waals surface area contributed by atoms with E-state index in [0.717, 1.165) is 4.90 Å². The number of anilines is 1. The molecule has 0 bridgehead atoms. The fourth-order valence-corrected chi connectivity index (χ4v) is 2.94. The lowest BCUT2D eigenvalue weighted by molar-refractivity contribution is -0.137. The van der Waals surface area contributed by atoms with E-state index in [9.17, 15) is 14.0 Å². The third kappa shape index (κ3) is 3.25. The Morgan fingerprint density at radius 2 is 1.63 bits per heavy atom. The molecule has 0 unspecified atom stereocenters. The van der Waals surface area contributed by atoms with E-state index < -0.39 is 17.6 Å².